The molecule has 2 aromatic carbocycles. The van der Waals surface area contributed by atoms with E-state index in [2.05, 4.69) is 10.6 Å². The molecule has 1 aromatic heterocycles. The molecule has 4 aliphatic rings. The highest BCUT2D eigenvalue weighted by atomic mass is 16.6. The van der Waals surface area contributed by atoms with Gasteiger partial charge >= 0.3 is 12.2 Å². The number of aryl methyl sites for hydroxylation is 1. The molecule has 3 aromatic rings. The summed E-state index contributed by atoms with van der Waals surface area (Å²) in [6.45, 7) is 9.60. The van der Waals surface area contributed by atoms with E-state index in [9.17, 15) is 28.8 Å². The summed E-state index contributed by atoms with van der Waals surface area (Å²) in [6.07, 6.45) is 1.41. The van der Waals surface area contributed by atoms with Crippen LogP contribution in [0.3, 0.4) is 0 Å². The molecule has 0 bridgehead atoms. The first-order valence-corrected chi connectivity index (χ1v) is 19.0. The van der Waals surface area contributed by atoms with E-state index in [-0.39, 0.29) is 48.7 Å². The Bertz CT molecular complexity index is 1870. The molecule has 0 radical (unpaired) electrons. The average Bonchev–Trinajstić information content (AvgIpc) is 3.98. The summed E-state index contributed by atoms with van der Waals surface area (Å²) in [4.78, 5) is 85.7. The second-order valence-electron chi connectivity index (χ2n) is 15.4. The molecule has 6 amide bonds. The number of hydrogen-bond acceptors (Lipinski definition) is 8. The van der Waals surface area contributed by atoms with Crippen LogP contribution in [0.2, 0.25) is 0 Å². The van der Waals surface area contributed by atoms with Gasteiger partial charge in [-0.05, 0) is 61.8 Å². The number of ether oxygens (including phenoxy) is 2. The maximum absolute atomic E-state index is 13.8. The zero-order valence-corrected chi connectivity index (χ0v) is 31.5. The number of hydrogen-bond donors (Lipinski definition) is 2. The topological polar surface area (TPSA) is 163 Å². The molecular weight excluding hydrogens is 694 g/mol. The first-order valence-electron chi connectivity index (χ1n) is 19.0. The summed E-state index contributed by atoms with van der Waals surface area (Å²) < 4.78 is 12.2. The minimum Gasteiger partial charge on any atom is -0.448 e. The molecule has 5 heterocycles. The molecule has 4 aliphatic heterocycles. The van der Waals surface area contributed by atoms with Crippen LogP contribution in [0.5, 0.6) is 0 Å². The van der Waals surface area contributed by atoms with Crippen molar-refractivity contribution in [1.29, 1.82) is 0 Å². The Labute approximate surface area is 313 Å². The van der Waals surface area contributed by atoms with Crippen LogP contribution in [0, 0.1) is 11.8 Å². The maximum Gasteiger partial charge on any atom is 0.410 e. The van der Waals surface area contributed by atoms with Crippen molar-refractivity contribution >= 4 is 69.0 Å². The first-order chi connectivity index (χ1) is 25.8. The van der Waals surface area contributed by atoms with E-state index in [0.29, 0.717) is 63.2 Å². The van der Waals surface area contributed by atoms with Gasteiger partial charge < -0.3 is 34.5 Å². The number of fused-ring (bicyclic) bond motifs is 3. The maximum atomic E-state index is 13.8. The number of benzene rings is 2. The van der Waals surface area contributed by atoms with E-state index in [1.165, 1.54) is 9.80 Å². The Morgan fingerprint density at radius 2 is 1.06 bits per heavy atom. The fourth-order valence-electron chi connectivity index (χ4n) is 8.63. The van der Waals surface area contributed by atoms with Gasteiger partial charge in [-0.2, -0.15) is 0 Å². The third kappa shape index (κ3) is 6.68. The lowest BCUT2D eigenvalue weighted by Crippen LogP contribution is -2.54. The number of cyclic esters (lactones) is 2. The molecule has 4 saturated heterocycles. The summed E-state index contributed by atoms with van der Waals surface area (Å²) in [5, 5.41) is 7.98. The molecule has 15 heteroatoms. The van der Waals surface area contributed by atoms with Crippen molar-refractivity contribution in [1.82, 2.24) is 24.2 Å². The van der Waals surface area contributed by atoms with Crippen LogP contribution in [-0.2, 0) is 35.7 Å². The molecule has 54 heavy (non-hydrogen) atoms. The second-order valence-corrected chi connectivity index (χ2v) is 15.4. The van der Waals surface area contributed by atoms with E-state index in [0.717, 1.165) is 21.8 Å². The molecule has 0 unspecified atom stereocenters. The minimum absolute atomic E-state index is 0.150. The Kier molecular flexibility index (Phi) is 10.2. The molecular formula is C39H49N7O8. The lowest BCUT2D eigenvalue weighted by molar-refractivity contribution is -0.141. The van der Waals surface area contributed by atoms with Gasteiger partial charge in [0.15, 0.2) is 0 Å². The number of likely N-dealkylation sites (tertiary alicyclic amines) is 2. The molecule has 7 rings (SSSR count). The highest BCUT2D eigenvalue weighted by Crippen LogP contribution is 2.33. The zero-order valence-electron chi connectivity index (χ0n) is 31.5. The molecule has 2 N–H and O–H groups in total. The average molecular weight is 744 g/mol. The number of aromatic nitrogens is 1. The predicted molar refractivity (Wildman–Crippen MR) is 201 cm³/mol. The summed E-state index contributed by atoms with van der Waals surface area (Å²) in [7, 11) is 1.92. The van der Waals surface area contributed by atoms with Crippen LogP contribution in [0.15, 0.2) is 36.4 Å². The van der Waals surface area contributed by atoms with Crippen LogP contribution in [0.4, 0.5) is 21.0 Å². The molecule has 288 valence electrons. The fourth-order valence-corrected chi connectivity index (χ4v) is 8.63. The largest absolute Gasteiger partial charge is 0.448 e. The Morgan fingerprint density at radius 1 is 0.648 bits per heavy atom. The molecule has 0 spiro atoms. The molecule has 15 nitrogen and oxygen atoms in total. The number of carbonyl (C=O) groups excluding carboxylic acids is 6. The molecule has 4 atom stereocenters. The van der Waals surface area contributed by atoms with Gasteiger partial charge in [-0.3, -0.25) is 29.0 Å². The lowest BCUT2D eigenvalue weighted by atomic mass is 10.0. The van der Waals surface area contributed by atoms with E-state index in [4.69, 9.17) is 9.47 Å². The van der Waals surface area contributed by atoms with Crippen LogP contribution >= 0.6 is 0 Å². The fraction of sp³-hybridized carbons (Fsp3) is 0.538. The van der Waals surface area contributed by atoms with Gasteiger partial charge in [0.25, 0.3) is 0 Å². The van der Waals surface area contributed by atoms with Crippen molar-refractivity contribution in [2.75, 3.05) is 50.0 Å². The summed E-state index contributed by atoms with van der Waals surface area (Å²) in [5.41, 5.74) is 2.90. The van der Waals surface area contributed by atoms with E-state index < -0.39 is 36.4 Å². The minimum atomic E-state index is -0.700. The number of nitrogens with zero attached hydrogens (tertiary/aromatic N) is 5. The number of amides is 6. The van der Waals surface area contributed by atoms with Crippen molar-refractivity contribution in [3.05, 3.63) is 36.4 Å². The number of nitrogens with one attached hydrogen (secondary N) is 2. The van der Waals surface area contributed by atoms with Crippen molar-refractivity contribution in [3.63, 3.8) is 0 Å². The van der Waals surface area contributed by atoms with E-state index in [1.807, 2.05) is 75.7 Å². The molecule has 4 fully saturated rings. The zero-order chi connectivity index (χ0) is 38.4. The van der Waals surface area contributed by atoms with Crippen molar-refractivity contribution in [3.8, 4) is 0 Å². The normalized spacial score (nSPS) is 21.4. The van der Waals surface area contributed by atoms with E-state index >= 15 is 0 Å². The van der Waals surface area contributed by atoms with Crippen LogP contribution in [0.1, 0.15) is 53.4 Å². The smallest absolute Gasteiger partial charge is 0.410 e. The van der Waals surface area contributed by atoms with Crippen LogP contribution < -0.4 is 10.6 Å². The SMILES string of the molecule is CC(C)[C@@H](C(=O)N1CCC[C@H]1C(=O)Nc1ccc2c3ccc(NC(=O)[C@@H]4CCCN4C(=O)[C@H](C(C)C)N4CCOC4=O)cc3n(C)c2c1)N1CCOC1=O. The van der Waals surface area contributed by atoms with Gasteiger partial charge in [0.05, 0.1) is 24.1 Å². The van der Waals surface area contributed by atoms with Crippen LogP contribution in [-0.4, -0.2) is 124 Å². The summed E-state index contributed by atoms with van der Waals surface area (Å²) in [6, 6.07) is 8.64. The van der Waals surface area contributed by atoms with Crippen molar-refractivity contribution < 1.29 is 38.2 Å². The van der Waals surface area contributed by atoms with Gasteiger partial charge in [0, 0.05) is 42.3 Å². The monoisotopic (exact) mass is 743 g/mol. The van der Waals surface area contributed by atoms with Gasteiger partial charge in [-0.15, -0.1) is 0 Å². The highest BCUT2D eigenvalue weighted by Gasteiger charge is 2.45. The summed E-state index contributed by atoms with van der Waals surface area (Å²) >= 11 is 0. The third-order valence-electron chi connectivity index (χ3n) is 11.2. The van der Waals surface area contributed by atoms with Crippen LogP contribution in [0.25, 0.3) is 21.8 Å². The quantitative estimate of drug-likeness (QED) is 0.313. The Hall–Kier alpha value is -5.34. The first kappa shape index (κ1) is 37.0. The second kappa shape index (κ2) is 14.8. The van der Waals surface area contributed by atoms with Gasteiger partial charge in [-0.1, -0.05) is 39.8 Å². The van der Waals surface area contributed by atoms with E-state index in [1.54, 1.807) is 9.80 Å². The standard InChI is InChI=1S/C39H49N7O8/c1-22(2)32(45-16-18-53-38(45)51)36(49)43-14-6-8-28(43)34(47)40-24-10-12-26-27-13-11-25(21-31(27)42(5)30(26)20-24)41-35(48)29-9-7-15-44(29)37(50)33(23(3)4)46-17-19-54-39(46)52/h10-13,20-23,28-29,32-33H,6-9,14-19H2,1-5H3,(H,40,47)(H,41,48)/t28-,29-,32-,33-/m0/s1. The Balaban J connectivity index is 1.05. The van der Waals surface area contributed by atoms with Gasteiger partial charge in [-0.25, -0.2) is 9.59 Å². The number of carbonyl (C=O) groups is 6. The number of anilines is 2. The lowest BCUT2D eigenvalue weighted by Gasteiger charge is -2.33. The van der Waals surface area contributed by atoms with Gasteiger partial charge in [0.1, 0.15) is 37.4 Å². The van der Waals surface area contributed by atoms with Crippen molar-refractivity contribution in [2.24, 2.45) is 18.9 Å². The molecule has 0 saturated carbocycles. The van der Waals surface area contributed by atoms with Crippen molar-refractivity contribution in [2.45, 2.75) is 77.5 Å². The molecule has 0 aliphatic carbocycles. The summed E-state index contributed by atoms with van der Waals surface area (Å²) in [5.74, 6) is -1.35. The number of rotatable bonds is 10. The third-order valence-corrected chi connectivity index (χ3v) is 11.2. The highest BCUT2D eigenvalue weighted by molar-refractivity contribution is 6.11. The predicted octanol–water partition coefficient (Wildman–Crippen LogP) is 4.14. The Morgan fingerprint density at radius 3 is 1.41 bits per heavy atom. The van der Waals surface area contributed by atoms with Gasteiger partial charge in [0.2, 0.25) is 23.6 Å².